The van der Waals surface area contributed by atoms with Crippen molar-refractivity contribution in [3.05, 3.63) is 75.8 Å². The lowest BCUT2D eigenvalue weighted by molar-refractivity contribution is -0.127. The summed E-state index contributed by atoms with van der Waals surface area (Å²) in [6.45, 7) is -0.419. The molecule has 0 aliphatic carbocycles. The topological polar surface area (TPSA) is 117 Å². The molecule has 1 saturated heterocycles. The molecule has 3 aromatic rings. The number of thioether (sulfide) groups is 2. The van der Waals surface area contributed by atoms with E-state index in [1.165, 1.54) is 30.0 Å². The Morgan fingerprint density at radius 1 is 1.17 bits per heavy atom. The van der Waals surface area contributed by atoms with Crippen molar-refractivity contribution in [2.75, 3.05) is 18.1 Å². The number of carbonyl (C=O) groups is 4. The lowest BCUT2D eigenvalue weighted by atomic mass is 10.1. The molecular weight excluding hydrogens is 512 g/mol. The van der Waals surface area contributed by atoms with E-state index in [2.05, 4.69) is 5.32 Å². The highest BCUT2D eigenvalue weighted by Gasteiger charge is 2.36. The second-order valence-electron chi connectivity index (χ2n) is 7.25. The molecule has 0 spiro atoms. The van der Waals surface area contributed by atoms with Gasteiger partial charge in [0.05, 0.1) is 15.5 Å². The minimum Gasteiger partial charge on any atom is -0.478 e. The number of benzene rings is 2. The number of carboxylic acids is 1. The molecule has 0 saturated carbocycles. The summed E-state index contributed by atoms with van der Waals surface area (Å²) in [7, 11) is 0. The van der Waals surface area contributed by atoms with Crippen LogP contribution in [0.4, 0.5) is 10.5 Å². The van der Waals surface area contributed by atoms with Crippen LogP contribution in [0.25, 0.3) is 17.4 Å². The third-order valence-electron chi connectivity index (χ3n) is 4.91. The SMILES string of the molecule is CSc1cccc(NC(=O)CN2C(=O)S/C(=C/c3ccc(-c4ccc(Cl)c(C(=O)O)c4)o3)C2=O)c1. The number of rotatable bonds is 7. The number of halogens is 1. The first-order chi connectivity index (χ1) is 16.7. The quantitative estimate of drug-likeness (QED) is 0.296. The summed E-state index contributed by atoms with van der Waals surface area (Å²) in [6.07, 6.45) is 3.32. The zero-order chi connectivity index (χ0) is 25.1. The molecule has 1 aromatic heterocycles. The standard InChI is InChI=1S/C24H17ClN2O6S2/c1-34-16-4-2-3-14(10-16)26-21(28)12-27-22(29)20(35-24(27)32)11-15-6-8-19(33-15)13-5-7-18(25)17(9-13)23(30)31/h2-11H,12H2,1H3,(H,26,28)(H,30,31)/b20-11+. The van der Waals surface area contributed by atoms with E-state index in [0.29, 0.717) is 28.8 Å². The van der Waals surface area contributed by atoms with Crippen LogP contribution >= 0.6 is 35.1 Å². The highest BCUT2D eigenvalue weighted by Crippen LogP contribution is 2.34. The van der Waals surface area contributed by atoms with E-state index in [9.17, 15) is 24.3 Å². The summed E-state index contributed by atoms with van der Waals surface area (Å²) in [6, 6.07) is 14.9. The van der Waals surface area contributed by atoms with Crippen molar-refractivity contribution in [2.45, 2.75) is 4.90 Å². The summed E-state index contributed by atoms with van der Waals surface area (Å²) in [5.74, 6) is -1.62. The maximum absolute atomic E-state index is 12.8. The average Bonchev–Trinajstić information content (AvgIpc) is 3.39. The van der Waals surface area contributed by atoms with E-state index in [4.69, 9.17) is 16.0 Å². The van der Waals surface area contributed by atoms with Crippen molar-refractivity contribution < 1.29 is 28.7 Å². The Balaban J connectivity index is 1.46. The number of amides is 3. The lowest BCUT2D eigenvalue weighted by Gasteiger charge is -2.12. The number of carboxylic acid groups (broad SMARTS) is 1. The van der Waals surface area contributed by atoms with Gasteiger partial charge in [-0.1, -0.05) is 17.7 Å². The monoisotopic (exact) mass is 528 g/mol. The van der Waals surface area contributed by atoms with Crippen LogP contribution < -0.4 is 5.32 Å². The molecule has 3 amide bonds. The predicted molar refractivity (Wildman–Crippen MR) is 136 cm³/mol. The van der Waals surface area contributed by atoms with Crippen molar-refractivity contribution in [1.29, 1.82) is 0 Å². The molecule has 1 aliphatic rings. The summed E-state index contributed by atoms with van der Waals surface area (Å²) in [5.41, 5.74) is 0.990. The number of furan rings is 1. The number of nitrogens with one attached hydrogen (secondary N) is 1. The fourth-order valence-corrected chi connectivity index (χ4v) is 4.71. The van der Waals surface area contributed by atoms with Gasteiger partial charge in [-0.2, -0.15) is 0 Å². The second-order valence-corrected chi connectivity index (χ2v) is 9.53. The van der Waals surface area contributed by atoms with Gasteiger partial charge in [0.1, 0.15) is 18.1 Å². The minimum absolute atomic E-state index is 0.0679. The molecule has 2 N–H and O–H groups in total. The van der Waals surface area contributed by atoms with E-state index in [1.807, 2.05) is 12.3 Å². The molecule has 35 heavy (non-hydrogen) atoms. The zero-order valence-electron chi connectivity index (χ0n) is 18.1. The van der Waals surface area contributed by atoms with Gasteiger partial charge in [0.15, 0.2) is 0 Å². The van der Waals surface area contributed by atoms with E-state index < -0.39 is 29.6 Å². The van der Waals surface area contributed by atoms with Crippen LogP contribution in [0.1, 0.15) is 16.1 Å². The van der Waals surface area contributed by atoms with Crippen LogP contribution in [0.2, 0.25) is 5.02 Å². The van der Waals surface area contributed by atoms with E-state index >= 15 is 0 Å². The normalized spacial score (nSPS) is 14.6. The van der Waals surface area contributed by atoms with Crippen LogP contribution in [-0.2, 0) is 9.59 Å². The minimum atomic E-state index is -1.17. The average molecular weight is 529 g/mol. The van der Waals surface area contributed by atoms with Gasteiger partial charge < -0.3 is 14.8 Å². The first-order valence-electron chi connectivity index (χ1n) is 10.1. The molecule has 2 heterocycles. The maximum Gasteiger partial charge on any atom is 0.337 e. The molecule has 2 aromatic carbocycles. The Kier molecular flexibility index (Phi) is 7.34. The number of hydrogen-bond acceptors (Lipinski definition) is 7. The van der Waals surface area contributed by atoms with Gasteiger partial charge in [-0.05, 0) is 66.5 Å². The summed E-state index contributed by atoms with van der Waals surface area (Å²) >= 11 is 8.14. The van der Waals surface area contributed by atoms with E-state index in [-0.39, 0.29) is 21.3 Å². The van der Waals surface area contributed by atoms with Crippen LogP contribution in [0, 0.1) is 0 Å². The first kappa shape index (κ1) is 24.6. The van der Waals surface area contributed by atoms with Crippen LogP contribution in [0.5, 0.6) is 0 Å². The predicted octanol–water partition coefficient (Wildman–Crippen LogP) is 5.70. The van der Waals surface area contributed by atoms with Gasteiger partial charge in [0.25, 0.3) is 11.1 Å². The molecule has 11 heteroatoms. The Morgan fingerprint density at radius 2 is 1.97 bits per heavy atom. The van der Waals surface area contributed by atoms with Crippen molar-refractivity contribution in [3.63, 3.8) is 0 Å². The largest absolute Gasteiger partial charge is 0.478 e. The van der Waals surface area contributed by atoms with Crippen molar-refractivity contribution >= 4 is 69.9 Å². The van der Waals surface area contributed by atoms with Gasteiger partial charge >= 0.3 is 5.97 Å². The summed E-state index contributed by atoms with van der Waals surface area (Å²) in [4.78, 5) is 50.8. The van der Waals surface area contributed by atoms with E-state index in [1.54, 1.807) is 36.4 Å². The number of imide groups is 1. The van der Waals surface area contributed by atoms with Crippen LogP contribution in [0.3, 0.4) is 0 Å². The third-order valence-corrected chi connectivity index (χ3v) is 6.87. The number of nitrogens with zero attached hydrogens (tertiary/aromatic N) is 1. The Morgan fingerprint density at radius 3 is 2.71 bits per heavy atom. The number of anilines is 1. The van der Waals surface area contributed by atoms with Gasteiger partial charge in [-0.25, -0.2) is 4.79 Å². The van der Waals surface area contributed by atoms with Gasteiger partial charge in [-0.3, -0.25) is 19.3 Å². The maximum atomic E-state index is 12.8. The highest BCUT2D eigenvalue weighted by atomic mass is 35.5. The molecule has 178 valence electrons. The highest BCUT2D eigenvalue weighted by molar-refractivity contribution is 8.18. The van der Waals surface area contributed by atoms with Gasteiger partial charge in [-0.15, -0.1) is 11.8 Å². The number of hydrogen-bond donors (Lipinski definition) is 2. The smallest absolute Gasteiger partial charge is 0.337 e. The molecule has 4 rings (SSSR count). The first-order valence-corrected chi connectivity index (χ1v) is 12.5. The molecular formula is C24H17ClN2O6S2. The Labute approximate surface area is 213 Å². The van der Waals surface area contributed by atoms with Crippen molar-refractivity contribution in [2.24, 2.45) is 0 Å². The third kappa shape index (κ3) is 5.61. The van der Waals surface area contributed by atoms with Crippen LogP contribution in [0.15, 0.2) is 68.8 Å². The molecule has 8 nitrogen and oxygen atoms in total. The van der Waals surface area contributed by atoms with Crippen molar-refractivity contribution in [1.82, 2.24) is 4.90 Å². The molecule has 1 aliphatic heterocycles. The Hall–Kier alpha value is -3.47. The number of aromatic carboxylic acids is 1. The van der Waals surface area contributed by atoms with Gasteiger partial charge in [0.2, 0.25) is 5.91 Å². The van der Waals surface area contributed by atoms with Gasteiger partial charge in [0, 0.05) is 22.2 Å². The summed E-state index contributed by atoms with van der Waals surface area (Å²) < 4.78 is 5.72. The molecule has 0 unspecified atom stereocenters. The summed E-state index contributed by atoms with van der Waals surface area (Å²) in [5, 5.41) is 11.5. The Bertz CT molecular complexity index is 1380. The molecule has 1 fully saturated rings. The fourth-order valence-electron chi connectivity index (χ4n) is 3.24. The van der Waals surface area contributed by atoms with E-state index in [0.717, 1.165) is 9.80 Å². The molecule has 0 atom stereocenters. The molecule has 0 bridgehead atoms. The van der Waals surface area contributed by atoms with Crippen LogP contribution in [-0.4, -0.2) is 45.8 Å². The number of carbonyl (C=O) groups excluding carboxylic acids is 3. The van der Waals surface area contributed by atoms with Crippen molar-refractivity contribution in [3.8, 4) is 11.3 Å². The zero-order valence-corrected chi connectivity index (χ0v) is 20.5. The fraction of sp³-hybridized carbons (Fsp3) is 0.0833. The molecule has 0 radical (unpaired) electrons. The second kappa shape index (κ2) is 10.4. The lowest BCUT2D eigenvalue weighted by Crippen LogP contribution is -2.36.